The second kappa shape index (κ2) is 10.0. The van der Waals surface area contributed by atoms with Gasteiger partial charge in [0, 0.05) is 37.6 Å². The number of thiocarbonyl (C=S) groups is 1. The zero-order valence-corrected chi connectivity index (χ0v) is 20.4. The molecule has 9 nitrogen and oxygen atoms in total. The number of rotatable bonds is 6. The van der Waals surface area contributed by atoms with Crippen molar-refractivity contribution in [2.75, 3.05) is 50.0 Å². The summed E-state index contributed by atoms with van der Waals surface area (Å²) in [6.07, 6.45) is 1.78. The number of sulfonamides is 2. The maximum Gasteiger partial charge on any atom is 0.243 e. The van der Waals surface area contributed by atoms with E-state index in [4.69, 9.17) is 17.0 Å². The van der Waals surface area contributed by atoms with Crippen LogP contribution in [0.15, 0.2) is 58.3 Å². The van der Waals surface area contributed by atoms with Crippen LogP contribution in [0.1, 0.15) is 12.8 Å². The van der Waals surface area contributed by atoms with Gasteiger partial charge in [0.1, 0.15) is 0 Å². The molecule has 0 unspecified atom stereocenters. The first-order valence-corrected chi connectivity index (χ1v) is 13.9. The molecule has 2 aliphatic rings. The Bertz CT molecular complexity index is 1190. The fraction of sp³-hybridized carbons (Fsp3) is 0.381. The van der Waals surface area contributed by atoms with E-state index in [1.54, 1.807) is 36.4 Å². The van der Waals surface area contributed by atoms with Gasteiger partial charge in [0.2, 0.25) is 20.0 Å². The monoisotopic (exact) mass is 510 g/mol. The SMILES string of the molecule is O=S(=O)(c1ccc(NC(=S)Nc2ccc(S(=O)(=O)N3CCOCC3)cc2)cc1)N1CCCC1. The molecule has 2 aliphatic heterocycles. The Labute approximate surface area is 199 Å². The fourth-order valence-corrected chi connectivity index (χ4v) is 6.89. The Morgan fingerprint density at radius 3 is 1.52 bits per heavy atom. The first kappa shape index (κ1) is 24.0. The van der Waals surface area contributed by atoms with Crippen LogP contribution in [-0.4, -0.2) is 70.0 Å². The van der Waals surface area contributed by atoms with Crippen molar-refractivity contribution < 1.29 is 21.6 Å². The van der Waals surface area contributed by atoms with Gasteiger partial charge in [0.25, 0.3) is 0 Å². The molecule has 2 heterocycles. The predicted octanol–water partition coefficient (Wildman–Crippen LogP) is 2.30. The maximum atomic E-state index is 12.7. The molecule has 0 bridgehead atoms. The van der Waals surface area contributed by atoms with Gasteiger partial charge in [-0.25, -0.2) is 16.8 Å². The Balaban J connectivity index is 1.36. The third-order valence-corrected chi connectivity index (χ3v) is 9.56. The smallest absolute Gasteiger partial charge is 0.243 e. The minimum atomic E-state index is -3.55. The van der Waals surface area contributed by atoms with Crippen molar-refractivity contribution in [3.8, 4) is 0 Å². The maximum absolute atomic E-state index is 12.7. The zero-order valence-electron chi connectivity index (χ0n) is 17.9. The van der Waals surface area contributed by atoms with Gasteiger partial charge in [-0.2, -0.15) is 8.61 Å². The Morgan fingerprint density at radius 1 is 0.697 bits per heavy atom. The number of nitrogens with one attached hydrogen (secondary N) is 2. The molecular formula is C21H26N4O5S3. The van der Waals surface area contributed by atoms with E-state index in [0.717, 1.165) is 12.8 Å². The quantitative estimate of drug-likeness (QED) is 0.570. The number of benzene rings is 2. The van der Waals surface area contributed by atoms with Crippen LogP contribution in [0.5, 0.6) is 0 Å². The number of morpholine rings is 1. The summed E-state index contributed by atoms with van der Waals surface area (Å²) < 4.78 is 58.8. The standard InChI is InChI=1S/C21H26N4O5S3/c26-32(27,24-11-1-2-12-24)19-7-3-17(4-8-19)22-21(31)23-18-5-9-20(10-6-18)33(28,29)25-13-15-30-16-14-25/h3-10H,1-2,11-16H2,(H2,22,23,31). The zero-order chi connectivity index (χ0) is 23.5. The minimum Gasteiger partial charge on any atom is -0.379 e. The summed E-state index contributed by atoms with van der Waals surface area (Å²) in [6, 6.07) is 12.8. The summed E-state index contributed by atoms with van der Waals surface area (Å²) in [5.41, 5.74) is 1.26. The van der Waals surface area contributed by atoms with Gasteiger partial charge in [-0.15, -0.1) is 0 Å². The molecule has 4 rings (SSSR count). The number of hydrogen-bond donors (Lipinski definition) is 2. The van der Waals surface area contributed by atoms with Crippen LogP contribution in [0.2, 0.25) is 0 Å². The largest absolute Gasteiger partial charge is 0.379 e. The van der Waals surface area contributed by atoms with Crippen LogP contribution in [0.25, 0.3) is 0 Å². The Hall–Kier alpha value is -2.09. The molecule has 0 amide bonds. The van der Waals surface area contributed by atoms with Crippen LogP contribution in [0.4, 0.5) is 11.4 Å². The topological polar surface area (TPSA) is 108 Å². The first-order chi connectivity index (χ1) is 15.8. The van der Waals surface area contributed by atoms with Crippen LogP contribution in [-0.2, 0) is 24.8 Å². The van der Waals surface area contributed by atoms with E-state index in [1.165, 1.54) is 20.7 Å². The molecule has 0 radical (unpaired) electrons. The van der Waals surface area contributed by atoms with Gasteiger partial charge in [-0.1, -0.05) is 0 Å². The molecule has 0 aliphatic carbocycles. The highest BCUT2D eigenvalue weighted by Crippen LogP contribution is 2.23. The molecule has 0 atom stereocenters. The lowest BCUT2D eigenvalue weighted by Crippen LogP contribution is -2.40. The molecule has 2 saturated heterocycles. The van der Waals surface area contributed by atoms with Gasteiger partial charge in [-0.3, -0.25) is 0 Å². The average Bonchev–Trinajstić information content (AvgIpc) is 3.36. The van der Waals surface area contributed by atoms with E-state index >= 15 is 0 Å². The van der Waals surface area contributed by atoms with Crippen molar-refractivity contribution in [2.24, 2.45) is 0 Å². The molecule has 2 aromatic carbocycles. The molecule has 33 heavy (non-hydrogen) atoms. The minimum absolute atomic E-state index is 0.212. The molecule has 0 saturated carbocycles. The van der Waals surface area contributed by atoms with Crippen molar-refractivity contribution in [2.45, 2.75) is 22.6 Å². The molecular weight excluding hydrogens is 484 g/mol. The van der Waals surface area contributed by atoms with Crippen molar-refractivity contribution >= 4 is 48.8 Å². The molecule has 2 fully saturated rings. The van der Waals surface area contributed by atoms with Crippen LogP contribution in [0.3, 0.4) is 0 Å². The average molecular weight is 511 g/mol. The number of nitrogens with zero attached hydrogens (tertiary/aromatic N) is 2. The Morgan fingerprint density at radius 2 is 1.09 bits per heavy atom. The summed E-state index contributed by atoms with van der Waals surface area (Å²) in [5, 5.41) is 6.31. The van der Waals surface area contributed by atoms with Crippen LogP contribution >= 0.6 is 12.2 Å². The highest BCUT2D eigenvalue weighted by Gasteiger charge is 2.27. The predicted molar refractivity (Wildman–Crippen MR) is 130 cm³/mol. The first-order valence-electron chi connectivity index (χ1n) is 10.6. The van der Waals surface area contributed by atoms with E-state index in [0.29, 0.717) is 55.9 Å². The lowest BCUT2D eigenvalue weighted by molar-refractivity contribution is 0.0730. The molecule has 178 valence electrons. The van der Waals surface area contributed by atoms with E-state index in [1.807, 2.05) is 0 Å². The van der Waals surface area contributed by atoms with E-state index < -0.39 is 20.0 Å². The molecule has 0 spiro atoms. The van der Waals surface area contributed by atoms with Crippen molar-refractivity contribution in [1.29, 1.82) is 0 Å². The highest BCUT2D eigenvalue weighted by atomic mass is 32.2. The fourth-order valence-electron chi connectivity index (χ4n) is 3.73. The van der Waals surface area contributed by atoms with Crippen molar-refractivity contribution in [3.63, 3.8) is 0 Å². The van der Waals surface area contributed by atoms with Gasteiger partial charge < -0.3 is 15.4 Å². The molecule has 2 N–H and O–H groups in total. The van der Waals surface area contributed by atoms with E-state index in [9.17, 15) is 16.8 Å². The second-order valence-electron chi connectivity index (χ2n) is 7.76. The second-order valence-corrected chi connectivity index (χ2v) is 12.0. The van der Waals surface area contributed by atoms with Crippen molar-refractivity contribution in [3.05, 3.63) is 48.5 Å². The van der Waals surface area contributed by atoms with E-state index in [2.05, 4.69) is 10.6 Å². The van der Waals surface area contributed by atoms with Crippen LogP contribution in [0, 0.1) is 0 Å². The number of hydrogen-bond acceptors (Lipinski definition) is 6. The normalized spacial score (nSPS) is 18.2. The van der Waals surface area contributed by atoms with Gasteiger partial charge >= 0.3 is 0 Å². The van der Waals surface area contributed by atoms with Gasteiger partial charge in [0.15, 0.2) is 5.11 Å². The lowest BCUT2D eigenvalue weighted by atomic mass is 10.3. The third-order valence-electron chi connectivity index (χ3n) is 5.54. The third kappa shape index (κ3) is 5.53. The summed E-state index contributed by atoms with van der Waals surface area (Å²) in [5.74, 6) is 0. The molecule has 0 aromatic heterocycles. The van der Waals surface area contributed by atoms with Crippen molar-refractivity contribution in [1.82, 2.24) is 8.61 Å². The highest BCUT2D eigenvalue weighted by molar-refractivity contribution is 7.89. The molecule has 12 heteroatoms. The summed E-state index contributed by atoms with van der Waals surface area (Å²) in [6.45, 7) is 2.59. The summed E-state index contributed by atoms with van der Waals surface area (Å²) in [7, 11) is -7.01. The van der Waals surface area contributed by atoms with Gasteiger partial charge in [-0.05, 0) is 73.6 Å². The van der Waals surface area contributed by atoms with E-state index in [-0.39, 0.29) is 9.79 Å². The van der Waals surface area contributed by atoms with Gasteiger partial charge in [0.05, 0.1) is 23.0 Å². The number of anilines is 2. The lowest BCUT2D eigenvalue weighted by Gasteiger charge is -2.26. The summed E-state index contributed by atoms with van der Waals surface area (Å²) in [4.78, 5) is 0.467. The number of ether oxygens (including phenoxy) is 1. The summed E-state index contributed by atoms with van der Waals surface area (Å²) >= 11 is 5.33. The molecule has 2 aromatic rings. The van der Waals surface area contributed by atoms with Crippen LogP contribution < -0.4 is 10.6 Å². The Kier molecular flexibility index (Phi) is 7.31.